The molecule has 0 fully saturated rings. The van der Waals surface area contributed by atoms with Crippen molar-refractivity contribution in [3.05, 3.63) is 28.5 Å². The van der Waals surface area contributed by atoms with Crippen LogP contribution < -0.4 is 5.73 Å². The van der Waals surface area contributed by atoms with Crippen LogP contribution in [0.4, 0.5) is 4.39 Å². The topological polar surface area (TPSA) is 46.2 Å². The third-order valence-electron chi connectivity index (χ3n) is 2.11. The van der Waals surface area contributed by atoms with E-state index in [2.05, 4.69) is 0 Å². The summed E-state index contributed by atoms with van der Waals surface area (Å²) < 4.78 is 12.9. The van der Waals surface area contributed by atoms with Gasteiger partial charge in [0.1, 0.15) is 11.6 Å². The van der Waals surface area contributed by atoms with E-state index in [0.717, 1.165) is 12.5 Å². The molecule has 1 aromatic carbocycles. The molecule has 1 atom stereocenters. The number of hydrogen-bond donors (Lipinski definition) is 2. The van der Waals surface area contributed by atoms with Crippen molar-refractivity contribution >= 4 is 24.0 Å². The van der Waals surface area contributed by atoms with Gasteiger partial charge in [-0.25, -0.2) is 4.39 Å². The Hall–Kier alpha value is -0.510. The highest BCUT2D eigenvalue weighted by Gasteiger charge is 2.11. The predicted octanol–water partition coefficient (Wildman–Crippen LogP) is 2.89. The Bertz CT molecular complexity index is 333. The standard InChI is InChI=1S/C10H13ClFNO.ClH/c1-2-8(13)4-6-3-7(12)5-9(11)10(6)14;/h3,5,8,14H,2,4,13H2,1H3;1H. The van der Waals surface area contributed by atoms with E-state index in [1.54, 1.807) is 0 Å². The average Bonchev–Trinajstić information content (AvgIpc) is 2.13. The van der Waals surface area contributed by atoms with Crippen molar-refractivity contribution in [1.29, 1.82) is 0 Å². The molecule has 0 spiro atoms. The van der Waals surface area contributed by atoms with Gasteiger partial charge in [0.15, 0.2) is 0 Å². The van der Waals surface area contributed by atoms with Crippen molar-refractivity contribution in [3.8, 4) is 5.75 Å². The van der Waals surface area contributed by atoms with Crippen LogP contribution in [0.1, 0.15) is 18.9 Å². The zero-order chi connectivity index (χ0) is 10.7. The van der Waals surface area contributed by atoms with E-state index in [4.69, 9.17) is 17.3 Å². The highest BCUT2D eigenvalue weighted by atomic mass is 35.5. The van der Waals surface area contributed by atoms with E-state index in [1.165, 1.54) is 6.07 Å². The SMILES string of the molecule is CCC(N)Cc1cc(F)cc(Cl)c1O.Cl. The van der Waals surface area contributed by atoms with E-state index in [0.29, 0.717) is 12.0 Å². The van der Waals surface area contributed by atoms with Gasteiger partial charge in [-0.2, -0.15) is 0 Å². The Morgan fingerprint density at radius 2 is 2.13 bits per heavy atom. The normalized spacial score (nSPS) is 12.0. The summed E-state index contributed by atoms with van der Waals surface area (Å²) in [5.41, 5.74) is 6.16. The summed E-state index contributed by atoms with van der Waals surface area (Å²) in [6, 6.07) is 2.26. The Labute approximate surface area is 99.6 Å². The summed E-state index contributed by atoms with van der Waals surface area (Å²) in [6.07, 6.45) is 1.20. The van der Waals surface area contributed by atoms with Crippen LogP contribution in [0.15, 0.2) is 12.1 Å². The fraction of sp³-hybridized carbons (Fsp3) is 0.400. The molecule has 0 aliphatic rings. The first-order chi connectivity index (χ1) is 6.54. The molecule has 0 aliphatic carbocycles. The van der Waals surface area contributed by atoms with Crippen molar-refractivity contribution in [3.63, 3.8) is 0 Å². The molecular formula is C10H14Cl2FNO. The van der Waals surface area contributed by atoms with Gasteiger partial charge in [0.05, 0.1) is 5.02 Å². The second kappa shape index (κ2) is 6.16. The number of hydrogen-bond acceptors (Lipinski definition) is 2. The van der Waals surface area contributed by atoms with E-state index >= 15 is 0 Å². The Morgan fingerprint density at radius 1 is 1.53 bits per heavy atom. The number of halogens is 3. The van der Waals surface area contributed by atoms with Crippen LogP contribution in [0.25, 0.3) is 0 Å². The summed E-state index contributed by atoms with van der Waals surface area (Å²) in [4.78, 5) is 0. The number of rotatable bonds is 3. The lowest BCUT2D eigenvalue weighted by molar-refractivity contribution is 0.461. The van der Waals surface area contributed by atoms with Crippen LogP contribution in [0.3, 0.4) is 0 Å². The smallest absolute Gasteiger partial charge is 0.137 e. The fourth-order valence-electron chi connectivity index (χ4n) is 1.20. The predicted molar refractivity (Wildman–Crippen MR) is 62.3 cm³/mol. The van der Waals surface area contributed by atoms with Crippen LogP contribution in [-0.2, 0) is 6.42 Å². The number of phenolic OH excluding ortho intramolecular Hbond substituents is 1. The van der Waals surface area contributed by atoms with Gasteiger partial charge in [0.25, 0.3) is 0 Å². The van der Waals surface area contributed by atoms with E-state index in [9.17, 15) is 9.50 Å². The number of aromatic hydroxyl groups is 1. The van der Waals surface area contributed by atoms with Crippen LogP contribution in [0, 0.1) is 5.82 Å². The van der Waals surface area contributed by atoms with Crippen LogP contribution in [0.5, 0.6) is 5.75 Å². The summed E-state index contributed by atoms with van der Waals surface area (Å²) in [7, 11) is 0. The molecule has 0 saturated heterocycles. The molecule has 1 aromatic rings. The van der Waals surface area contributed by atoms with Gasteiger partial charge in [0.2, 0.25) is 0 Å². The molecule has 15 heavy (non-hydrogen) atoms. The third-order valence-corrected chi connectivity index (χ3v) is 2.40. The largest absolute Gasteiger partial charge is 0.506 e. The minimum Gasteiger partial charge on any atom is -0.506 e. The second-order valence-corrected chi connectivity index (χ2v) is 3.67. The minimum atomic E-state index is -0.453. The molecule has 0 amide bonds. The molecule has 0 bridgehead atoms. The first kappa shape index (κ1) is 14.5. The van der Waals surface area contributed by atoms with E-state index in [-0.39, 0.29) is 29.2 Å². The molecule has 0 heterocycles. The molecule has 1 rings (SSSR count). The molecule has 2 nitrogen and oxygen atoms in total. The molecular weight excluding hydrogens is 240 g/mol. The maximum Gasteiger partial charge on any atom is 0.137 e. The number of nitrogens with two attached hydrogens (primary N) is 1. The molecule has 5 heteroatoms. The van der Waals surface area contributed by atoms with Crippen molar-refractivity contribution < 1.29 is 9.50 Å². The third kappa shape index (κ3) is 3.86. The van der Waals surface area contributed by atoms with Crippen molar-refractivity contribution in [2.24, 2.45) is 5.73 Å². The van der Waals surface area contributed by atoms with Gasteiger partial charge < -0.3 is 10.8 Å². The van der Waals surface area contributed by atoms with E-state index < -0.39 is 5.82 Å². The molecule has 0 radical (unpaired) electrons. The molecule has 0 saturated carbocycles. The fourth-order valence-corrected chi connectivity index (χ4v) is 1.43. The van der Waals surface area contributed by atoms with Gasteiger partial charge in [-0.15, -0.1) is 12.4 Å². The number of phenols is 1. The summed E-state index contributed by atoms with van der Waals surface area (Å²) in [6.45, 7) is 1.93. The van der Waals surface area contributed by atoms with Crippen LogP contribution in [0.2, 0.25) is 5.02 Å². The van der Waals surface area contributed by atoms with Gasteiger partial charge in [-0.05, 0) is 30.5 Å². The first-order valence-electron chi connectivity index (χ1n) is 4.47. The summed E-state index contributed by atoms with van der Waals surface area (Å²) in [5, 5.41) is 9.54. The van der Waals surface area contributed by atoms with E-state index in [1.807, 2.05) is 6.92 Å². The minimum absolute atomic E-state index is 0. The number of benzene rings is 1. The second-order valence-electron chi connectivity index (χ2n) is 3.27. The van der Waals surface area contributed by atoms with Gasteiger partial charge in [-0.1, -0.05) is 18.5 Å². The Morgan fingerprint density at radius 3 is 2.67 bits per heavy atom. The molecule has 86 valence electrons. The Balaban J connectivity index is 0.00000196. The van der Waals surface area contributed by atoms with Crippen LogP contribution in [-0.4, -0.2) is 11.1 Å². The van der Waals surface area contributed by atoms with Crippen molar-refractivity contribution in [2.75, 3.05) is 0 Å². The lowest BCUT2D eigenvalue weighted by Crippen LogP contribution is -2.21. The van der Waals surface area contributed by atoms with Gasteiger partial charge >= 0.3 is 0 Å². The highest BCUT2D eigenvalue weighted by Crippen LogP contribution is 2.29. The summed E-state index contributed by atoms with van der Waals surface area (Å²) >= 11 is 5.61. The Kier molecular flexibility index (Phi) is 5.95. The highest BCUT2D eigenvalue weighted by molar-refractivity contribution is 6.32. The molecule has 1 unspecified atom stereocenters. The van der Waals surface area contributed by atoms with Crippen molar-refractivity contribution in [2.45, 2.75) is 25.8 Å². The van der Waals surface area contributed by atoms with Crippen LogP contribution >= 0.6 is 24.0 Å². The van der Waals surface area contributed by atoms with Gasteiger partial charge in [-0.3, -0.25) is 0 Å². The maximum absolute atomic E-state index is 12.9. The lowest BCUT2D eigenvalue weighted by Gasteiger charge is -2.11. The maximum atomic E-state index is 12.9. The summed E-state index contributed by atoms with van der Waals surface area (Å²) in [5.74, 6) is -0.525. The first-order valence-corrected chi connectivity index (χ1v) is 4.84. The monoisotopic (exact) mass is 253 g/mol. The van der Waals surface area contributed by atoms with Crippen molar-refractivity contribution in [1.82, 2.24) is 0 Å². The van der Waals surface area contributed by atoms with Gasteiger partial charge in [0, 0.05) is 6.04 Å². The lowest BCUT2D eigenvalue weighted by atomic mass is 10.0. The molecule has 0 aliphatic heterocycles. The zero-order valence-electron chi connectivity index (χ0n) is 8.34. The molecule has 3 N–H and O–H groups in total. The molecule has 0 aromatic heterocycles. The zero-order valence-corrected chi connectivity index (χ0v) is 9.91. The quantitative estimate of drug-likeness (QED) is 0.871. The average molecular weight is 254 g/mol.